The maximum atomic E-state index is 11.9. The molecule has 0 N–H and O–H groups in total. The molecule has 116 valence electrons. The Morgan fingerprint density at radius 2 is 1.76 bits per heavy atom. The molecule has 0 aliphatic carbocycles. The van der Waals surface area contributed by atoms with Gasteiger partial charge in [0.1, 0.15) is 0 Å². The van der Waals surface area contributed by atoms with E-state index in [0.717, 1.165) is 32.6 Å². The molecule has 4 nitrogen and oxygen atoms in total. The normalized spacial score (nSPS) is 15.4. The van der Waals surface area contributed by atoms with Crippen LogP contribution in [-0.2, 0) is 11.2 Å². The van der Waals surface area contributed by atoms with Crippen LogP contribution in [0.5, 0.6) is 0 Å². The number of hydrogen-bond acceptors (Lipinski definition) is 3. The van der Waals surface area contributed by atoms with E-state index >= 15 is 0 Å². The molecule has 1 aliphatic rings. The lowest BCUT2D eigenvalue weighted by molar-refractivity contribution is 0.0751. The Balaban J connectivity index is 1.87. The summed E-state index contributed by atoms with van der Waals surface area (Å²) in [6.45, 7) is 9.13. The Morgan fingerprint density at radius 1 is 1.14 bits per heavy atom. The van der Waals surface area contributed by atoms with Crippen LogP contribution in [-0.4, -0.2) is 43.3 Å². The molecule has 2 rings (SSSR count). The highest BCUT2D eigenvalue weighted by atomic mass is 16.6. The summed E-state index contributed by atoms with van der Waals surface area (Å²) in [5.41, 5.74) is 2.63. The number of ether oxygens (including phenoxy) is 1. The summed E-state index contributed by atoms with van der Waals surface area (Å²) in [6, 6.07) is 8.79. The minimum absolute atomic E-state index is 0.0540. The SMILES string of the molecule is CCCc1ccc(N2CCN(C(=O)OC(C)C)CC2)cc1. The van der Waals surface area contributed by atoms with E-state index in [4.69, 9.17) is 4.74 Å². The fraction of sp³-hybridized carbons (Fsp3) is 0.588. The van der Waals surface area contributed by atoms with Crippen molar-refractivity contribution in [2.75, 3.05) is 31.1 Å². The average molecular weight is 290 g/mol. The lowest BCUT2D eigenvalue weighted by atomic mass is 10.1. The lowest BCUT2D eigenvalue weighted by Crippen LogP contribution is -2.49. The van der Waals surface area contributed by atoms with E-state index in [-0.39, 0.29) is 12.2 Å². The van der Waals surface area contributed by atoms with Crippen LogP contribution in [0, 0.1) is 0 Å². The van der Waals surface area contributed by atoms with Gasteiger partial charge in [-0.3, -0.25) is 0 Å². The highest BCUT2D eigenvalue weighted by Gasteiger charge is 2.22. The Kier molecular flexibility index (Phi) is 5.48. The number of carbonyl (C=O) groups excluding carboxylic acids is 1. The zero-order valence-corrected chi connectivity index (χ0v) is 13.3. The molecule has 1 aliphatic heterocycles. The first-order valence-corrected chi connectivity index (χ1v) is 7.89. The molecule has 21 heavy (non-hydrogen) atoms. The molecule has 1 heterocycles. The standard InChI is InChI=1S/C17H26N2O2/c1-4-5-15-6-8-16(9-7-15)18-10-12-19(13-11-18)17(20)21-14(2)3/h6-9,14H,4-5,10-13H2,1-3H3. The van der Waals surface area contributed by atoms with Crippen LogP contribution in [0.15, 0.2) is 24.3 Å². The molecule has 0 unspecified atom stereocenters. The number of carbonyl (C=O) groups is 1. The summed E-state index contributed by atoms with van der Waals surface area (Å²) in [6.07, 6.45) is 2.06. The molecular weight excluding hydrogens is 264 g/mol. The monoisotopic (exact) mass is 290 g/mol. The number of hydrogen-bond donors (Lipinski definition) is 0. The fourth-order valence-corrected chi connectivity index (χ4v) is 2.59. The van der Waals surface area contributed by atoms with Gasteiger partial charge in [0.05, 0.1) is 6.10 Å². The van der Waals surface area contributed by atoms with Crippen molar-refractivity contribution in [2.45, 2.75) is 39.7 Å². The topological polar surface area (TPSA) is 32.8 Å². The minimum atomic E-state index is -0.192. The van der Waals surface area contributed by atoms with E-state index in [0.29, 0.717) is 0 Å². The highest BCUT2D eigenvalue weighted by Crippen LogP contribution is 2.18. The van der Waals surface area contributed by atoms with Crippen molar-refractivity contribution in [1.82, 2.24) is 4.90 Å². The zero-order valence-electron chi connectivity index (χ0n) is 13.3. The van der Waals surface area contributed by atoms with E-state index in [1.807, 2.05) is 13.8 Å². The second kappa shape index (κ2) is 7.34. The molecule has 0 atom stereocenters. The number of anilines is 1. The quantitative estimate of drug-likeness (QED) is 0.853. The van der Waals surface area contributed by atoms with E-state index < -0.39 is 0 Å². The summed E-state index contributed by atoms with van der Waals surface area (Å²) in [7, 11) is 0. The van der Waals surface area contributed by atoms with Gasteiger partial charge in [0.25, 0.3) is 0 Å². The molecule has 1 aromatic carbocycles. The van der Waals surface area contributed by atoms with E-state index in [1.54, 1.807) is 4.90 Å². The van der Waals surface area contributed by atoms with Crippen molar-refractivity contribution >= 4 is 11.8 Å². The van der Waals surface area contributed by atoms with Gasteiger partial charge in [-0.25, -0.2) is 4.79 Å². The van der Waals surface area contributed by atoms with Crippen LogP contribution >= 0.6 is 0 Å². The van der Waals surface area contributed by atoms with Crippen LogP contribution in [0.25, 0.3) is 0 Å². The molecule has 1 fully saturated rings. The summed E-state index contributed by atoms with van der Waals surface area (Å²) in [5, 5.41) is 0. The molecule has 0 aromatic heterocycles. The Labute approximate surface area is 127 Å². The van der Waals surface area contributed by atoms with E-state index in [2.05, 4.69) is 36.1 Å². The van der Waals surface area contributed by atoms with Crippen molar-refractivity contribution < 1.29 is 9.53 Å². The molecule has 0 spiro atoms. The molecule has 0 saturated carbocycles. The number of nitrogens with zero attached hydrogens (tertiary/aromatic N) is 2. The van der Waals surface area contributed by atoms with Gasteiger partial charge in [0.2, 0.25) is 0 Å². The van der Waals surface area contributed by atoms with Crippen molar-refractivity contribution in [3.05, 3.63) is 29.8 Å². The van der Waals surface area contributed by atoms with Crippen molar-refractivity contribution in [2.24, 2.45) is 0 Å². The lowest BCUT2D eigenvalue weighted by Gasteiger charge is -2.35. The van der Waals surface area contributed by atoms with E-state index in [1.165, 1.54) is 17.7 Å². The van der Waals surface area contributed by atoms with Gasteiger partial charge in [-0.05, 0) is 38.0 Å². The molecular formula is C17H26N2O2. The number of rotatable bonds is 4. The molecule has 0 bridgehead atoms. The Hall–Kier alpha value is -1.71. The van der Waals surface area contributed by atoms with E-state index in [9.17, 15) is 4.79 Å². The summed E-state index contributed by atoms with van der Waals surface area (Å²) in [4.78, 5) is 16.0. The van der Waals surface area contributed by atoms with Crippen LogP contribution < -0.4 is 4.90 Å². The highest BCUT2D eigenvalue weighted by molar-refractivity contribution is 5.68. The fourth-order valence-electron chi connectivity index (χ4n) is 2.59. The van der Waals surface area contributed by atoms with Gasteiger partial charge in [0.15, 0.2) is 0 Å². The number of aryl methyl sites for hydroxylation is 1. The van der Waals surface area contributed by atoms with Crippen molar-refractivity contribution in [1.29, 1.82) is 0 Å². The summed E-state index contributed by atoms with van der Waals surface area (Å²) in [5.74, 6) is 0. The average Bonchev–Trinajstić information content (AvgIpc) is 2.48. The number of benzene rings is 1. The maximum absolute atomic E-state index is 11.9. The minimum Gasteiger partial charge on any atom is -0.447 e. The maximum Gasteiger partial charge on any atom is 0.410 e. The van der Waals surface area contributed by atoms with Crippen molar-refractivity contribution in [3.63, 3.8) is 0 Å². The smallest absolute Gasteiger partial charge is 0.410 e. The van der Waals surface area contributed by atoms with Crippen LogP contribution in [0.4, 0.5) is 10.5 Å². The molecule has 4 heteroatoms. The third-order valence-corrected chi connectivity index (χ3v) is 3.71. The van der Waals surface area contributed by atoms with Gasteiger partial charge in [-0.1, -0.05) is 25.5 Å². The summed E-state index contributed by atoms with van der Waals surface area (Å²) < 4.78 is 5.24. The second-order valence-electron chi connectivity index (χ2n) is 5.82. The third kappa shape index (κ3) is 4.38. The summed E-state index contributed by atoms with van der Waals surface area (Å²) >= 11 is 0. The third-order valence-electron chi connectivity index (χ3n) is 3.71. The largest absolute Gasteiger partial charge is 0.447 e. The predicted octanol–water partition coefficient (Wildman–Crippen LogP) is 3.31. The molecule has 0 radical (unpaired) electrons. The van der Waals surface area contributed by atoms with Crippen molar-refractivity contribution in [3.8, 4) is 0 Å². The molecule has 1 amide bonds. The van der Waals surface area contributed by atoms with Crippen LogP contribution in [0.2, 0.25) is 0 Å². The van der Waals surface area contributed by atoms with Gasteiger partial charge in [0, 0.05) is 31.9 Å². The first-order valence-electron chi connectivity index (χ1n) is 7.89. The first-order chi connectivity index (χ1) is 10.1. The predicted molar refractivity (Wildman–Crippen MR) is 85.8 cm³/mol. The van der Waals surface area contributed by atoms with Gasteiger partial charge in [-0.15, -0.1) is 0 Å². The molecule has 1 aromatic rings. The Bertz CT molecular complexity index is 448. The zero-order chi connectivity index (χ0) is 15.2. The molecule has 1 saturated heterocycles. The van der Waals surface area contributed by atoms with Gasteiger partial charge < -0.3 is 14.5 Å². The first kappa shape index (κ1) is 15.7. The Morgan fingerprint density at radius 3 is 2.29 bits per heavy atom. The second-order valence-corrected chi connectivity index (χ2v) is 5.82. The van der Waals surface area contributed by atoms with Crippen LogP contribution in [0.1, 0.15) is 32.8 Å². The number of piperazine rings is 1. The van der Waals surface area contributed by atoms with Gasteiger partial charge in [-0.2, -0.15) is 0 Å². The van der Waals surface area contributed by atoms with Gasteiger partial charge >= 0.3 is 6.09 Å². The van der Waals surface area contributed by atoms with Crippen LogP contribution in [0.3, 0.4) is 0 Å². The number of amides is 1.